The molecule has 0 spiro atoms. The van der Waals surface area contributed by atoms with Crippen LogP contribution in [0.5, 0.6) is 5.75 Å². The maximum Gasteiger partial charge on any atom is 0.151 e. The quantitative estimate of drug-likeness (QED) is 0.260. The number of hydrogen-bond donors (Lipinski definition) is 4. The van der Waals surface area contributed by atoms with Crippen LogP contribution in [0.4, 0.5) is 5.82 Å². The van der Waals surface area contributed by atoms with E-state index in [2.05, 4.69) is 16.9 Å². The van der Waals surface area contributed by atoms with Crippen LogP contribution in [0, 0.1) is 0 Å². The summed E-state index contributed by atoms with van der Waals surface area (Å²) >= 11 is 1.65. The third-order valence-electron chi connectivity index (χ3n) is 4.01. The smallest absolute Gasteiger partial charge is 0.151 e. The average Bonchev–Trinajstić information content (AvgIpc) is 3.10. The van der Waals surface area contributed by atoms with Gasteiger partial charge in [0.25, 0.3) is 0 Å². The van der Waals surface area contributed by atoms with Crippen molar-refractivity contribution in [3.63, 3.8) is 0 Å². The molecule has 0 fully saturated rings. The van der Waals surface area contributed by atoms with E-state index in [0.29, 0.717) is 31.1 Å². The predicted octanol–water partition coefficient (Wildman–Crippen LogP) is 1.73. The van der Waals surface area contributed by atoms with Crippen LogP contribution >= 0.6 is 11.3 Å². The SMILES string of the molecule is CCc1nc2c(N)nc3cc(OCCCN(N)/C=C(\N)CO)ccc3c2s1. The predicted molar refractivity (Wildman–Crippen MR) is 109 cm³/mol. The van der Waals surface area contributed by atoms with Crippen LogP contribution in [0.2, 0.25) is 0 Å². The number of anilines is 1. The molecule has 9 heteroatoms. The zero-order chi connectivity index (χ0) is 19.4. The first-order chi connectivity index (χ1) is 13.0. The minimum Gasteiger partial charge on any atom is -0.493 e. The number of fused-ring (bicyclic) bond motifs is 3. The molecule has 27 heavy (non-hydrogen) atoms. The van der Waals surface area contributed by atoms with E-state index in [4.69, 9.17) is 27.2 Å². The van der Waals surface area contributed by atoms with Gasteiger partial charge < -0.3 is 26.3 Å². The number of hydrazine groups is 1. The Morgan fingerprint density at radius 2 is 2.19 bits per heavy atom. The highest BCUT2D eigenvalue weighted by Crippen LogP contribution is 2.34. The second-order valence-corrected chi connectivity index (χ2v) is 7.20. The van der Waals surface area contributed by atoms with Crippen molar-refractivity contribution in [1.29, 1.82) is 0 Å². The van der Waals surface area contributed by atoms with Crippen molar-refractivity contribution in [2.45, 2.75) is 19.8 Å². The number of rotatable bonds is 8. The first-order valence-corrected chi connectivity index (χ1v) is 9.53. The summed E-state index contributed by atoms with van der Waals surface area (Å²) in [5, 5.41) is 12.4. The molecule has 0 aliphatic rings. The highest BCUT2D eigenvalue weighted by molar-refractivity contribution is 7.19. The Balaban J connectivity index is 1.69. The normalized spacial score (nSPS) is 12.0. The van der Waals surface area contributed by atoms with E-state index in [1.165, 1.54) is 11.2 Å². The van der Waals surface area contributed by atoms with Gasteiger partial charge in [-0.05, 0) is 18.6 Å². The maximum atomic E-state index is 8.87. The van der Waals surface area contributed by atoms with Crippen LogP contribution in [-0.4, -0.2) is 39.8 Å². The van der Waals surface area contributed by atoms with Gasteiger partial charge in [0.15, 0.2) is 5.82 Å². The van der Waals surface area contributed by atoms with Crippen molar-refractivity contribution in [3.05, 3.63) is 35.1 Å². The molecule has 3 aromatic rings. The fourth-order valence-electron chi connectivity index (χ4n) is 2.70. The van der Waals surface area contributed by atoms with Crippen molar-refractivity contribution in [1.82, 2.24) is 15.0 Å². The Kier molecular flexibility index (Phi) is 5.94. The summed E-state index contributed by atoms with van der Waals surface area (Å²) in [6.07, 6.45) is 3.08. The molecule has 0 aliphatic heterocycles. The minimum atomic E-state index is -0.218. The van der Waals surface area contributed by atoms with Crippen LogP contribution in [0.1, 0.15) is 18.4 Å². The molecule has 0 unspecified atom stereocenters. The molecule has 0 saturated heterocycles. The van der Waals surface area contributed by atoms with Crippen molar-refractivity contribution in [2.24, 2.45) is 11.6 Å². The van der Waals surface area contributed by atoms with Gasteiger partial charge in [0.1, 0.15) is 11.3 Å². The third-order valence-corrected chi connectivity index (χ3v) is 5.25. The Bertz CT molecular complexity index is 971. The molecule has 0 saturated carbocycles. The summed E-state index contributed by atoms with van der Waals surface area (Å²) in [4.78, 5) is 9.04. The Morgan fingerprint density at radius 1 is 1.37 bits per heavy atom. The maximum absolute atomic E-state index is 8.87. The number of benzene rings is 1. The summed E-state index contributed by atoms with van der Waals surface area (Å²) in [6, 6.07) is 5.81. The molecule has 8 nitrogen and oxygen atoms in total. The molecule has 0 aliphatic carbocycles. The highest BCUT2D eigenvalue weighted by atomic mass is 32.1. The summed E-state index contributed by atoms with van der Waals surface area (Å²) in [6.45, 7) is 2.90. The lowest BCUT2D eigenvalue weighted by Gasteiger charge is -2.14. The molecule has 2 heterocycles. The first-order valence-electron chi connectivity index (χ1n) is 8.71. The first kappa shape index (κ1) is 19.2. The molecule has 1 aromatic carbocycles. The van der Waals surface area contributed by atoms with Crippen LogP contribution in [-0.2, 0) is 6.42 Å². The largest absolute Gasteiger partial charge is 0.493 e. The number of thiazole rings is 1. The van der Waals surface area contributed by atoms with Gasteiger partial charge in [0.2, 0.25) is 0 Å². The van der Waals surface area contributed by atoms with Crippen molar-refractivity contribution < 1.29 is 9.84 Å². The van der Waals surface area contributed by atoms with Crippen molar-refractivity contribution >= 4 is 38.3 Å². The van der Waals surface area contributed by atoms with E-state index in [0.717, 1.165) is 38.3 Å². The van der Waals surface area contributed by atoms with Gasteiger partial charge in [-0.3, -0.25) is 0 Å². The summed E-state index contributed by atoms with van der Waals surface area (Å²) in [5.41, 5.74) is 13.5. The van der Waals surface area contributed by atoms with E-state index in [9.17, 15) is 0 Å². The number of aliphatic hydroxyl groups is 1. The number of nitrogen functional groups attached to an aromatic ring is 1. The number of aryl methyl sites for hydroxylation is 1. The number of ether oxygens (including phenoxy) is 1. The van der Waals surface area contributed by atoms with Crippen LogP contribution in [0.15, 0.2) is 30.1 Å². The molecule has 7 N–H and O–H groups in total. The van der Waals surface area contributed by atoms with Gasteiger partial charge in [0.05, 0.1) is 34.1 Å². The number of nitrogens with two attached hydrogens (primary N) is 3. The summed E-state index contributed by atoms with van der Waals surface area (Å²) in [7, 11) is 0. The highest BCUT2D eigenvalue weighted by Gasteiger charge is 2.12. The molecule has 2 aromatic heterocycles. The lowest BCUT2D eigenvalue weighted by atomic mass is 10.2. The fraction of sp³-hybridized carbons (Fsp3) is 0.333. The van der Waals surface area contributed by atoms with E-state index in [-0.39, 0.29) is 6.61 Å². The molecule has 3 rings (SSSR count). The Hall–Kier alpha value is -2.62. The number of hydrogen-bond acceptors (Lipinski definition) is 9. The number of aliphatic hydroxyl groups excluding tert-OH is 1. The fourth-order valence-corrected chi connectivity index (χ4v) is 3.74. The second kappa shape index (κ2) is 8.38. The number of aromatic nitrogens is 2. The van der Waals surface area contributed by atoms with Gasteiger partial charge >= 0.3 is 0 Å². The lowest BCUT2D eigenvalue weighted by Crippen LogP contribution is -2.29. The lowest BCUT2D eigenvalue weighted by molar-refractivity contribution is 0.275. The Morgan fingerprint density at radius 3 is 2.93 bits per heavy atom. The topological polar surface area (TPSA) is 137 Å². The second-order valence-electron chi connectivity index (χ2n) is 6.12. The molecular formula is C18H24N6O2S. The van der Waals surface area contributed by atoms with E-state index < -0.39 is 0 Å². The zero-order valence-electron chi connectivity index (χ0n) is 15.2. The van der Waals surface area contributed by atoms with Gasteiger partial charge in [-0.15, -0.1) is 11.3 Å². The monoisotopic (exact) mass is 388 g/mol. The van der Waals surface area contributed by atoms with Crippen molar-refractivity contribution in [2.75, 3.05) is 25.5 Å². The molecular weight excluding hydrogens is 364 g/mol. The zero-order valence-corrected chi connectivity index (χ0v) is 16.0. The van der Waals surface area contributed by atoms with E-state index >= 15 is 0 Å². The average molecular weight is 388 g/mol. The third kappa shape index (κ3) is 4.38. The molecule has 0 radical (unpaired) electrons. The van der Waals surface area contributed by atoms with Gasteiger partial charge in [-0.1, -0.05) is 6.92 Å². The molecule has 144 valence electrons. The molecule has 0 atom stereocenters. The standard InChI is InChI=1S/C18H24N6O2S/c1-2-15-23-16-17(27-15)13-5-4-12(8-14(13)22-18(16)20)26-7-3-6-24(21)9-11(19)10-25/h4-5,8-9,25H,2-3,6-7,10,19,21H2,1H3,(H2,20,22)/b11-9-. The number of pyridine rings is 1. The van der Waals surface area contributed by atoms with Crippen LogP contribution in [0.3, 0.4) is 0 Å². The van der Waals surface area contributed by atoms with Gasteiger partial charge in [0, 0.05) is 30.6 Å². The minimum absolute atomic E-state index is 0.218. The van der Waals surface area contributed by atoms with Crippen LogP contribution in [0.25, 0.3) is 21.1 Å². The number of nitrogens with zero attached hydrogens (tertiary/aromatic N) is 3. The van der Waals surface area contributed by atoms with Gasteiger partial charge in [-0.25, -0.2) is 15.8 Å². The summed E-state index contributed by atoms with van der Waals surface area (Å²) in [5.74, 6) is 6.94. The van der Waals surface area contributed by atoms with E-state index in [1.54, 1.807) is 11.3 Å². The summed E-state index contributed by atoms with van der Waals surface area (Å²) < 4.78 is 6.86. The van der Waals surface area contributed by atoms with Gasteiger partial charge in [-0.2, -0.15) is 0 Å². The van der Waals surface area contributed by atoms with Crippen LogP contribution < -0.4 is 22.0 Å². The van der Waals surface area contributed by atoms with Crippen molar-refractivity contribution in [3.8, 4) is 5.75 Å². The van der Waals surface area contributed by atoms with E-state index in [1.807, 2.05) is 18.2 Å². The Labute approximate surface area is 161 Å². The molecule has 0 amide bonds. The molecule has 0 bridgehead atoms.